The Balaban J connectivity index is 1.64. The summed E-state index contributed by atoms with van der Waals surface area (Å²) in [5, 5.41) is 0. The van der Waals surface area contributed by atoms with Gasteiger partial charge in [0.25, 0.3) is 0 Å². The van der Waals surface area contributed by atoms with Crippen LogP contribution < -0.4 is 4.90 Å². The molecule has 2 saturated heterocycles. The molecule has 2 fully saturated rings. The highest BCUT2D eigenvalue weighted by molar-refractivity contribution is 5.70. The molecule has 2 aliphatic rings. The lowest BCUT2D eigenvalue weighted by Crippen LogP contribution is -2.63. The number of amides is 1. The highest BCUT2D eigenvalue weighted by Crippen LogP contribution is 2.36. The third-order valence-corrected chi connectivity index (χ3v) is 4.01. The average Bonchev–Trinajstić information content (AvgIpc) is 2.66. The molecule has 2 heterocycles. The van der Waals surface area contributed by atoms with Gasteiger partial charge in [-0.3, -0.25) is 0 Å². The van der Waals surface area contributed by atoms with E-state index < -0.39 is 5.60 Å². The minimum absolute atomic E-state index is 0.169. The lowest BCUT2D eigenvalue weighted by Gasteiger charge is -2.48. The Hall–Kier alpha value is -1.71. The van der Waals surface area contributed by atoms with Crippen LogP contribution in [0.5, 0.6) is 0 Å². The van der Waals surface area contributed by atoms with Crippen molar-refractivity contribution in [2.24, 2.45) is 0 Å². The van der Waals surface area contributed by atoms with Crippen molar-refractivity contribution in [3.63, 3.8) is 0 Å². The van der Waals surface area contributed by atoms with Crippen LogP contribution in [0.1, 0.15) is 27.2 Å². The third-order valence-electron chi connectivity index (χ3n) is 4.01. The number of hydrogen-bond acceptors (Lipinski definition) is 3. The van der Waals surface area contributed by atoms with E-state index in [9.17, 15) is 4.79 Å². The lowest BCUT2D eigenvalue weighted by atomic mass is 9.96. The first-order valence-corrected chi connectivity index (χ1v) is 7.27. The van der Waals surface area contributed by atoms with Crippen LogP contribution >= 0.6 is 0 Å². The Morgan fingerprint density at radius 3 is 2.55 bits per heavy atom. The van der Waals surface area contributed by atoms with Gasteiger partial charge in [0.15, 0.2) is 0 Å². The maximum absolute atomic E-state index is 12.2. The van der Waals surface area contributed by atoms with Crippen LogP contribution in [-0.4, -0.2) is 41.8 Å². The van der Waals surface area contributed by atoms with Gasteiger partial charge in [0, 0.05) is 18.8 Å². The number of hydrogen-bond donors (Lipinski definition) is 0. The molecule has 108 valence electrons. The Morgan fingerprint density at radius 2 is 1.90 bits per heavy atom. The van der Waals surface area contributed by atoms with Crippen molar-refractivity contribution < 1.29 is 9.53 Å². The Morgan fingerprint density at radius 1 is 1.20 bits per heavy atom. The first-order chi connectivity index (χ1) is 9.46. The number of ether oxygens (including phenoxy) is 1. The van der Waals surface area contributed by atoms with Crippen LogP contribution in [0.2, 0.25) is 0 Å². The topological polar surface area (TPSA) is 32.8 Å². The summed E-state index contributed by atoms with van der Waals surface area (Å²) in [4.78, 5) is 16.5. The van der Waals surface area contributed by atoms with Gasteiger partial charge in [-0.05, 0) is 39.3 Å². The van der Waals surface area contributed by atoms with Crippen molar-refractivity contribution in [2.45, 2.75) is 44.9 Å². The summed E-state index contributed by atoms with van der Waals surface area (Å²) in [5.41, 5.74) is 0.831. The summed E-state index contributed by atoms with van der Waals surface area (Å²) in [6.07, 6.45) is 0.858. The monoisotopic (exact) mass is 274 g/mol. The van der Waals surface area contributed by atoms with Gasteiger partial charge in [-0.25, -0.2) is 4.79 Å². The molecule has 20 heavy (non-hydrogen) atoms. The zero-order valence-electron chi connectivity index (χ0n) is 12.4. The van der Waals surface area contributed by atoms with Gasteiger partial charge in [-0.1, -0.05) is 18.2 Å². The summed E-state index contributed by atoms with van der Waals surface area (Å²) in [6.45, 7) is 7.45. The van der Waals surface area contributed by atoms with Crippen molar-refractivity contribution in [3.05, 3.63) is 30.3 Å². The number of fused-ring (bicyclic) bond motifs is 1. The molecule has 0 aromatic heterocycles. The molecule has 1 aromatic carbocycles. The fourth-order valence-corrected chi connectivity index (χ4v) is 3.08. The average molecular weight is 274 g/mol. The zero-order chi connectivity index (χ0) is 14.3. The SMILES string of the molecule is CC(C)(C)OC(=O)N1CC[C@@H]2[C@H]1CN2c1ccccc1. The van der Waals surface area contributed by atoms with Gasteiger partial charge in [0.2, 0.25) is 0 Å². The van der Waals surface area contributed by atoms with E-state index >= 15 is 0 Å². The number of carbonyl (C=O) groups excluding carboxylic acids is 1. The van der Waals surface area contributed by atoms with Gasteiger partial charge < -0.3 is 14.5 Å². The van der Waals surface area contributed by atoms with E-state index in [4.69, 9.17) is 4.74 Å². The van der Waals surface area contributed by atoms with Gasteiger partial charge in [0.1, 0.15) is 5.60 Å². The van der Waals surface area contributed by atoms with Crippen LogP contribution in [0.4, 0.5) is 10.5 Å². The van der Waals surface area contributed by atoms with Crippen LogP contribution in [0.15, 0.2) is 30.3 Å². The Labute approximate surface area is 120 Å². The molecular formula is C16H22N2O2. The molecule has 0 spiro atoms. The number of rotatable bonds is 1. The van der Waals surface area contributed by atoms with E-state index in [1.807, 2.05) is 31.7 Å². The number of para-hydroxylation sites is 1. The normalized spacial score (nSPS) is 25.1. The first-order valence-electron chi connectivity index (χ1n) is 7.27. The van der Waals surface area contributed by atoms with Gasteiger partial charge >= 0.3 is 6.09 Å². The summed E-state index contributed by atoms with van der Waals surface area (Å²) < 4.78 is 5.48. The number of carbonyl (C=O) groups is 1. The molecule has 1 amide bonds. The Bertz CT molecular complexity index is 495. The molecule has 4 heteroatoms. The van der Waals surface area contributed by atoms with Gasteiger partial charge in [-0.2, -0.15) is 0 Å². The molecular weight excluding hydrogens is 252 g/mol. The van der Waals surface area contributed by atoms with E-state index in [1.54, 1.807) is 0 Å². The third kappa shape index (κ3) is 2.35. The van der Waals surface area contributed by atoms with Crippen LogP contribution in [-0.2, 0) is 4.74 Å². The van der Waals surface area contributed by atoms with Gasteiger partial charge in [-0.15, -0.1) is 0 Å². The predicted molar refractivity (Wildman–Crippen MR) is 78.9 cm³/mol. The maximum atomic E-state index is 12.2. The molecule has 3 rings (SSSR count). The highest BCUT2D eigenvalue weighted by Gasteiger charge is 2.49. The molecule has 0 saturated carbocycles. The van der Waals surface area contributed by atoms with Crippen LogP contribution in [0.3, 0.4) is 0 Å². The van der Waals surface area contributed by atoms with Crippen LogP contribution in [0, 0.1) is 0 Å². The van der Waals surface area contributed by atoms with Crippen molar-refractivity contribution in [1.82, 2.24) is 4.90 Å². The van der Waals surface area contributed by atoms with Crippen molar-refractivity contribution in [2.75, 3.05) is 18.0 Å². The first kappa shape index (κ1) is 13.3. The van der Waals surface area contributed by atoms with Crippen molar-refractivity contribution in [1.29, 1.82) is 0 Å². The van der Waals surface area contributed by atoms with E-state index in [0.29, 0.717) is 12.1 Å². The molecule has 0 unspecified atom stereocenters. The van der Waals surface area contributed by atoms with Crippen molar-refractivity contribution in [3.8, 4) is 0 Å². The minimum atomic E-state index is -0.419. The van der Waals surface area contributed by atoms with E-state index in [2.05, 4.69) is 29.2 Å². The van der Waals surface area contributed by atoms with E-state index in [1.165, 1.54) is 5.69 Å². The quantitative estimate of drug-likeness (QED) is 0.789. The number of likely N-dealkylation sites (tertiary alicyclic amines) is 1. The largest absolute Gasteiger partial charge is 0.444 e. The van der Waals surface area contributed by atoms with Gasteiger partial charge in [0.05, 0.1) is 12.1 Å². The minimum Gasteiger partial charge on any atom is -0.444 e. The molecule has 0 radical (unpaired) electrons. The molecule has 0 N–H and O–H groups in total. The van der Waals surface area contributed by atoms with Crippen molar-refractivity contribution >= 4 is 11.8 Å². The fourth-order valence-electron chi connectivity index (χ4n) is 3.08. The second-order valence-electron chi connectivity index (χ2n) is 6.59. The maximum Gasteiger partial charge on any atom is 0.410 e. The second-order valence-corrected chi connectivity index (χ2v) is 6.59. The predicted octanol–water partition coefficient (Wildman–Crippen LogP) is 2.88. The molecule has 2 aliphatic heterocycles. The van der Waals surface area contributed by atoms with E-state index in [-0.39, 0.29) is 6.09 Å². The Kier molecular flexibility index (Phi) is 3.11. The lowest BCUT2D eigenvalue weighted by molar-refractivity contribution is 0.0194. The summed E-state index contributed by atoms with van der Waals surface area (Å²) in [5.74, 6) is 0. The smallest absolute Gasteiger partial charge is 0.410 e. The van der Waals surface area contributed by atoms with E-state index in [0.717, 1.165) is 19.5 Å². The number of anilines is 1. The second kappa shape index (κ2) is 4.69. The summed E-state index contributed by atoms with van der Waals surface area (Å²) in [7, 11) is 0. The molecule has 0 aliphatic carbocycles. The summed E-state index contributed by atoms with van der Waals surface area (Å²) in [6, 6.07) is 11.2. The number of benzene rings is 1. The standard InChI is InChI=1S/C16H22N2O2/c1-16(2,3)20-15(19)17-10-9-13-14(17)11-18(13)12-7-5-4-6-8-12/h4-8,13-14H,9-11H2,1-3H3/t13-,14-/m1/s1. The zero-order valence-corrected chi connectivity index (χ0v) is 12.4. The number of nitrogens with zero attached hydrogens (tertiary/aromatic N) is 2. The fraction of sp³-hybridized carbons (Fsp3) is 0.562. The summed E-state index contributed by atoms with van der Waals surface area (Å²) >= 11 is 0. The molecule has 0 bridgehead atoms. The molecule has 4 nitrogen and oxygen atoms in total. The molecule has 1 aromatic rings. The highest BCUT2D eigenvalue weighted by atomic mass is 16.6. The van der Waals surface area contributed by atoms with Crippen LogP contribution in [0.25, 0.3) is 0 Å². The molecule has 2 atom stereocenters.